The molecule has 4 nitrogen and oxygen atoms in total. The Morgan fingerprint density at radius 1 is 0.926 bits per heavy atom. The lowest BCUT2D eigenvalue weighted by Crippen LogP contribution is -2.41. The number of hydrogen-bond donors (Lipinski definition) is 1. The Balaban J connectivity index is 1.98. The van der Waals surface area contributed by atoms with Gasteiger partial charge < -0.3 is 10.2 Å². The van der Waals surface area contributed by atoms with E-state index in [9.17, 15) is 9.59 Å². The maximum Gasteiger partial charge on any atom is 0.271 e. The van der Waals surface area contributed by atoms with Gasteiger partial charge in [-0.25, -0.2) is 0 Å². The second-order valence-corrected chi connectivity index (χ2v) is 7.47. The number of halogens is 1. The van der Waals surface area contributed by atoms with Crippen LogP contribution in [-0.2, 0) is 4.79 Å². The van der Waals surface area contributed by atoms with Crippen molar-refractivity contribution < 1.29 is 9.59 Å². The fourth-order valence-corrected chi connectivity index (χ4v) is 3.90. The van der Waals surface area contributed by atoms with E-state index in [1.807, 2.05) is 42.2 Å². The van der Waals surface area contributed by atoms with Gasteiger partial charge in [-0.1, -0.05) is 42.5 Å². The molecule has 1 N–H and O–H groups in total. The topological polar surface area (TPSA) is 49.4 Å². The van der Waals surface area contributed by atoms with Gasteiger partial charge in [-0.3, -0.25) is 9.59 Å². The summed E-state index contributed by atoms with van der Waals surface area (Å²) in [5, 5.41) is 2.86. The van der Waals surface area contributed by atoms with Gasteiger partial charge in [0.15, 0.2) is 0 Å². The first-order valence-corrected chi connectivity index (χ1v) is 9.98. The van der Waals surface area contributed by atoms with Gasteiger partial charge in [0, 0.05) is 18.7 Å². The Morgan fingerprint density at radius 3 is 2.22 bits per heavy atom. The van der Waals surface area contributed by atoms with E-state index in [0.29, 0.717) is 15.7 Å². The minimum Gasteiger partial charge on any atom is -0.337 e. The number of rotatable bonds is 4. The molecule has 3 rings (SSSR count). The highest BCUT2D eigenvalue weighted by Gasteiger charge is 2.25. The predicted molar refractivity (Wildman–Crippen MR) is 111 cm³/mol. The number of hydrogen-bond acceptors (Lipinski definition) is 2. The molecule has 2 amide bonds. The second-order valence-electron chi connectivity index (χ2n) is 6.68. The highest BCUT2D eigenvalue weighted by Crippen LogP contribution is 2.28. The Bertz CT molecular complexity index is 856. The molecule has 2 aromatic rings. The summed E-state index contributed by atoms with van der Waals surface area (Å²) >= 11 is 3.59. The van der Waals surface area contributed by atoms with Gasteiger partial charge in [-0.2, -0.15) is 0 Å². The lowest BCUT2D eigenvalue weighted by Gasteiger charge is -2.28. The molecule has 0 saturated carbocycles. The Kier molecular flexibility index (Phi) is 6.45. The molecule has 0 atom stereocenters. The van der Waals surface area contributed by atoms with E-state index in [0.717, 1.165) is 43.5 Å². The van der Waals surface area contributed by atoms with E-state index in [1.165, 1.54) is 0 Å². The van der Waals surface area contributed by atoms with Crippen LogP contribution in [-0.4, -0.2) is 29.8 Å². The van der Waals surface area contributed by atoms with Gasteiger partial charge >= 0.3 is 0 Å². The molecule has 27 heavy (non-hydrogen) atoms. The van der Waals surface area contributed by atoms with Crippen LogP contribution < -0.4 is 5.32 Å². The number of benzene rings is 2. The molecule has 0 spiro atoms. The van der Waals surface area contributed by atoms with Crippen molar-refractivity contribution >= 4 is 32.2 Å². The first-order valence-electron chi connectivity index (χ1n) is 9.19. The van der Waals surface area contributed by atoms with E-state index < -0.39 is 0 Å². The second kappa shape index (κ2) is 9.00. The van der Waals surface area contributed by atoms with Crippen molar-refractivity contribution in [3.8, 4) is 0 Å². The van der Waals surface area contributed by atoms with Crippen LogP contribution in [0.4, 0.5) is 0 Å². The number of carbonyl (C=O) groups excluding carboxylic acids is 2. The summed E-state index contributed by atoms with van der Waals surface area (Å²) in [6, 6.07) is 16.7. The van der Waals surface area contributed by atoms with Crippen LogP contribution in [0.2, 0.25) is 0 Å². The van der Waals surface area contributed by atoms with Crippen LogP contribution in [0.1, 0.15) is 40.7 Å². The van der Waals surface area contributed by atoms with Gasteiger partial charge in [0.1, 0.15) is 5.70 Å². The molecule has 0 aliphatic carbocycles. The summed E-state index contributed by atoms with van der Waals surface area (Å²) < 4.78 is 0.612. The molecule has 2 aromatic carbocycles. The van der Waals surface area contributed by atoms with Crippen molar-refractivity contribution in [3.05, 3.63) is 77.0 Å². The first-order chi connectivity index (χ1) is 13.1. The van der Waals surface area contributed by atoms with Gasteiger partial charge in [0.25, 0.3) is 11.8 Å². The van der Waals surface area contributed by atoms with Crippen molar-refractivity contribution in [1.29, 1.82) is 0 Å². The number of amides is 2. The third-order valence-electron chi connectivity index (χ3n) is 4.73. The molecule has 1 aliphatic heterocycles. The van der Waals surface area contributed by atoms with Crippen LogP contribution in [0.5, 0.6) is 0 Å². The molecule has 1 aliphatic rings. The molecule has 5 heteroatoms. The summed E-state index contributed by atoms with van der Waals surface area (Å²) in [4.78, 5) is 27.8. The summed E-state index contributed by atoms with van der Waals surface area (Å²) in [6.07, 6.45) is 3.12. The Hall–Kier alpha value is -2.40. The van der Waals surface area contributed by atoms with Crippen molar-refractivity contribution in [2.45, 2.75) is 26.2 Å². The van der Waals surface area contributed by atoms with E-state index in [2.05, 4.69) is 21.2 Å². The Labute approximate surface area is 168 Å². The smallest absolute Gasteiger partial charge is 0.271 e. The molecule has 0 bridgehead atoms. The molecule has 140 valence electrons. The number of piperidine rings is 1. The van der Waals surface area contributed by atoms with Crippen LogP contribution in [0.3, 0.4) is 0 Å². The standard InChI is InChI=1S/C22H23BrN2O2/c1-16-10-6-7-13-18(16)19(23)20(22(27)25-14-8-3-9-15-25)24-21(26)17-11-4-2-5-12-17/h2,4-7,10-13H,3,8-9,14-15H2,1H3,(H,24,26). The quantitative estimate of drug-likeness (QED) is 0.731. The van der Waals surface area contributed by atoms with Crippen molar-refractivity contribution in [2.24, 2.45) is 0 Å². The minimum atomic E-state index is -0.290. The molecule has 0 unspecified atom stereocenters. The molecule has 1 saturated heterocycles. The van der Waals surface area contributed by atoms with Crippen LogP contribution in [0.25, 0.3) is 4.48 Å². The number of nitrogens with zero attached hydrogens (tertiary/aromatic N) is 1. The highest BCUT2D eigenvalue weighted by atomic mass is 79.9. The zero-order valence-corrected chi connectivity index (χ0v) is 17.0. The van der Waals surface area contributed by atoms with Gasteiger partial charge in [0.2, 0.25) is 0 Å². The zero-order valence-electron chi connectivity index (χ0n) is 15.4. The molecular weight excluding hydrogens is 404 g/mol. The van der Waals surface area contributed by atoms with E-state index >= 15 is 0 Å². The third-order valence-corrected chi connectivity index (χ3v) is 5.56. The van der Waals surface area contributed by atoms with Crippen molar-refractivity contribution in [2.75, 3.05) is 13.1 Å². The molecule has 0 aromatic heterocycles. The summed E-state index contributed by atoms with van der Waals surface area (Å²) in [7, 11) is 0. The lowest BCUT2D eigenvalue weighted by atomic mass is 10.1. The Morgan fingerprint density at radius 2 is 1.56 bits per heavy atom. The third kappa shape index (κ3) is 4.66. The van der Waals surface area contributed by atoms with Crippen LogP contribution in [0, 0.1) is 6.92 Å². The average Bonchev–Trinajstić information content (AvgIpc) is 2.72. The van der Waals surface area contributed by atoms with E-state index in [4.69, 9.17) is 0 Å². The molecule has 0 radical (unpaired) electrons. The summed E-state index contributed by atoms with van der Waals surface area (Å²) in [5.41, 5.74) is 2.74. The van der Waals surface area contributed by atoms with Crippen LogP contribution >= 0.6 is 15.9 Å². The minimum absolute atomic E-state index is 0.144. The monoisotopic (exact) mass is 426 g/mol. The largest absolute Gasteiger partial charge is 0.337 e. The average molecular weight is 427 g/mol. The maximum atomic E-state index is 13.2. The van der Waals surface area contributed by atoms with Crippen molar-refractivity contribution in [1.82, 2.24) is 10.2 Å². The predicted octanol–water partition coefficient (Wildman–Crippen LogP) is 4.50. The summed E-state index contributed by atoms with van der Waals surface area (Å²) in [5.74, 6) is -0.435. The SMILES string of the molecule is Cc1ccccc1C(Br)=C(NC(=O)c1ccccc1)C(=O)N1CCCCC1. The fraction of sp³-hybridized carbons (Fsp3) is 0.273. The van der Waals surface area contributed by atoms with E-state index in [-0.39, 0.29) is 11.8 Å². The fourth-order valence-electron chi connectivity index (χ4n) is 3.19. The molecule has 1 fully saturated rings. The lowest BCUT2D eigenvalue weighted by molar-refractivity contribution is -0.128. The van der Waals surface area contributed by atoms with Gasteiger partial charge in [-0.05, 0) is 65.4 Å². The summed E-state index contributed by atoms with van der Waals surface area (Å²) in [6.45, 7) is 3.42. The number of carbonyl (C=O) groups is 2. The van der Waals surface area contributed by atoms with Gasteiger partial charge in [-0.15, -0.1) is 0 Å². The number of aryl methyl sites for hydroxylation is 1. The highest BCUT2D eigenvalue weighted by molar-refractivity contribution is 9.15. The first kappa shape index (κ1) is 19.4. The van der Waals surface area contributed by atoms with Gasteiger partial charge in [0.05, 0.1) is 4.48 Å². The number of likely N-dealkylation sites (tertiary alicyclic amines) is 1. The zero-order chi connectivity index (χ0) is 19.2. The van der Waals surface area contributed by atoms with E-state index in [1.54, 1.807) is 24.3 Å². The molecule has 1 heterocycles. The van der Waals surface area contributed by atoms with Crippen LogP contribution in [0.15, 0.2) is 60.3 Å². The normalized spacial score (nSPS) is 15.1. The van der Waals surface area contributed by atoms with Crippen molar-refractivity contribution in [3.63, 3.8) is 0 Å². The molecular formula is C22H23BrN2O2. The number of nitrogens with one attached hydrogen (secondary N) is 1. The maximum absolute atomic E-state index is 13.2.